The fourth-order valence-corrected chi connectivity index (χ4v) is 3.64. The molecule has 0 unspecified atom stereocenters. The number of methoxy groups -OCH3 is 1. The van der Waals surface area contributed by atoms with Crippen LogP contribution in [0.15, 0.2) is 47.8 Å². The SMILES string of the molecule is COc1c2ccc(C(=O)Nc3cccc(-c4csc(C)n4)c3)cc2nn1C. The maximum Gasteiger partial charge on any atom is 0.255 e. The third-order valence-corrected chi connectivity index (χ3v) is 5.04. The van der Waals surface area contributed by atoms with Gasteiger partial charge < -0.3 is 10.1 Å². The third-order valence-electron chi connectivity index (χ3n) is 4.27. The molecule has 0 atom stereocenters. The molecule has 0 aliphatic rings. The molecule has 0 aliphatic carbocycles. The Bertz CT molecular complexity index is 1150. The van der Waals surface area contributed by atoms with Crippen LogP contribution in [0.5, 0.6) is 5.88 Å². The molecule has 1 N–H and O–H groups in total. The molecule has 0 fully saturated rings. The molecular weight excluding hydrogens is 360 g/mol. The number of aromatic nitrogens is 3. The van der Waals surface area contributed by atoms with Gasteiger partial charge in [-0.2, -0.15) is 5.10 Å². The first-order valence-electron chi connectivity index (χ1n) is 8.40. The van der Waals surface area contributed by atoms with Crippen molar-refractivity contribution in [3.63, 3.8) is 0 Å². The highest BCUT2D eigenvalue weighted by atomic mass is 32.1. The van der Waals surface area contributed by atoms with Crippen molar-refractivity contribution in [1.82, 2.24) is 14.8 Å². The van der Waals surface area contributed by atoms with Gasteiger partial charge in [0.15, 0.2) is 0 Å². The molecule has 27 heavy (non-hydrogen) atoms. The van der Waals surface area contributed by atoms with E-state index in [4.69, 9.17) is 4.74 Å². The summed E-state index contributed by atoms with van der Waals surface area (Å²) < 4.78 is 7.00. The van der Waals surface area contributed by atoms with Crippen molar-refractivity contribution in [3.05, 3.63) is 58.4 Å². The lowest BCUT2D eigenvalue weighted by Crippen LogP contribution is -2.11. The van der Waals surface area contributed by atoms with Gasteiger partial charge in [0.05, 0.1) is 28.7 Å². The van der Waals surface area contributed by atoms with Crippen LogP contribution in [0.4, 0.5) is 5.69 Å². The second kappa shape index (κ2) is 6.85. The van der Waals surface area contributed by atoms with E-state index in [1.807, 2.05) is 49.7 Å². The fraction of sp³-hybridized carbons (Fsp3) is 0.150. The lowest BCUT2D eigenvalue weighted by molar-refractivity contribution is 0.102. The average Bonchev–Trinajstić information content (AvgIpc) is 3.23. The maximum absolute atomic E-state index is 12.7. The number of nitrogens with zero attached hydrogens (tertiary/aromatic N) is 3. The van der Waals surface area contributed by atoms with Gasteiger partial charge in [0.25, 0.3) is 5.91 Å². The summed E-state index contributed by atoms with van der Waals surface area (Å²) in [5, 5.41) is 11.2. The molecule has 0 spiro atoms. The number of aryl methyl sites for hydroxylation is 2. The Morgan fingerprint density at radius 1 is 1.22 bits per heavy atom. The molecule has 0 bridgehead atoms. The van der Waals surface area contributed by atoms with E-state index in [1.165, 1.54) is 0 Å². The number of ether oxygens (including phenoxy) is 1. The lowest BCUT2D eigenvalue weighted by atomic mass is 10.1. The summed E-state index contributed by atoms with van der Waals surface area (Å²) >= 11 is 1.60. The Balaban J connectivity index is 1.60. The number of thiazole rings is 1. The predicted octanol–water partition coefficient (Wildman–Crippen LogP) is 4.27. The van der Waals surface area contributed by atoms with Gasteiger partial charge in [-0.3, -0.25) is 4.79 Å². The number of amides is 1. The third kappa shape index (κ3) is 3.29. The first-order chi connectivity index (χ1) is 13.0. The molecular formula is C20H18N4O2S. The van der Waals surface area contributed by atoms with Gasteiger partial charge in [-0.05, 0) is 37.3 Å². The number of anilines is 1. The summed E-state index contributed by atoms with van der Waals surface area (Å²) in [6.07, 6.45) is 0. The Kier molecular flexibility index (Phi) is 4.37. The smallest absolute Gasteiger partial charge is 0.255 e. The molecule has 0 aliphatic heterocycles. The van der Waals surface area contributed by atoms with E-state index in [0.717, 1.165) is 27.3 Å². The van der Waals surface area contributed by atoms with Crippen LogP contribution >= 0.6 is 11.3 Å². The maximum atomic E-state index is 12.7. The van der Waals surface area contributed by atoms with E-state index in [0.29, 0.717) is 17.0 Å². The van der Waals surface area contributed by atoms with Crippen LogP contribution in [0.3, 0.4) is 0 Å². The zero-order chi connectivity index (χ0) is 19.0. The number of hydrogen-bond donors (Lipinski definition) is 1. The Morgan fingerprint density at radius 2 is 2.07 bits per heavy atom. The minimum absolute atomic E-state index is 0.187. The van der Waals surface area contributed by atoms with Crippen molar-refractivity contribution < 1.29 is 9.53 Å². The van der Waals surface area contributed by atoms with Crippen molar-refractivity contribution in [2.24, 2.45) is 7.05 Å². The van der Waals surface area contributed by atoms with Crippen molar-refractivity contribution in [3.8, 4) is 17.1 Å². The van der Waals surface area contributed by atoms with Gasteiger partial charge in [-0.15, -0.1) is 11.3 Å². The number of carbonyl (C=O) groups excluding carboxylic acids is 1. The van der Waals surface area contributed by atoms with Crippen molar-refractivity contribution in [2.75, 3.05) is 12.4 Å². The molecule has 2 heterocycles. The number of hydrogen-bond acceptors (Lipinski definition) is 5. The molecule has 2 aromatic heterocycles. The highest BCUT2D eigenvalue weighted by Crippen LogP contribution is 2.27. The Morgan fingerprint density at radius 3 is 2.81 bits per heavy atom. The predicted molar refractivity (Wildman–Crippen MR) is 108 cm³/mol. The molecule has 1 amide bonds. The minimum atomic E-state index is -0.187. The Hall–Kier alpha value is -3.19. The summed E-state index contributed by atoms with van der Waals surface area (Å²) in [5.74, 6) is 0.483. The van der Waals surface area contributed by atoms with Crippen molar-refractivity contribution >= 4 is 33.8 Å². The largest absolute Gasteiger partial charge is 0.481 e. The van der Waals surface area contributed by atoms with Crippen LogP contribution in [0.25, 0.3) is 22.2 Å². The van der Waals surface area contributed by atoms with Crippen LogP contribution in [0, 0.1) is 6.92 Å². The molecule has 2 aromatic carbocycles. The normalized spacial score (nSPS) is 10.9. The van der Waals surface area contributed by atoms with Gasteiger partial charge >= 0.3 is 0 Å². The van der Waals surface area contributed by atoms with E-state index in [9.17, 15) is 4.79 Å². The lowest BCUT2D eigenvalue weighted by Gasteiger charge is -2.07. The molecule has 4 aromatic rings. The van der Waals surface area contributed by atoms with Gasteiger partial charge in [0.2, 0.25) is 5.88 Å². The number of nitrogens with one attached hydrogen (secondary N) is 1. The molecule has 0 saturated carbocycles. The molecule has 136 valence electrons. The molecule has 0 radical (unpaired) electrons. The van der Waals surface area contributed by atoms with Gasteiger partial charge in [-0.1, -0.05) is 12.1 Å². The minimum Gasteiger partial charge on any atom is -0.481 e. The van der Waals surface area contributed by atoms with E-state index >= 15 is 0 Å². The van der Waals surface area contributed by atoms with E-state index in [2.05, 4.69) is 15.4 Å². The topological polar surface area (TPSA) is 69.0 Å². The number of carbonyl (C=O) groups is 1. The van der Waals surface area contributed by atoms with E-state index < -0.39 is 0 Å². The monoisotopic (exact) mass is 378 g/mol. The van der Waals surface area contributed by atoms with E-state index in [-0.39, 0.29) is 5.91 Å². The van der Waals surface area contributed by atoms with Crippen molar-refractivity contribution in [1.29, 1.82) is 0 Å². The number of rotatable bonds is 4. The molecule has 7 heteroatoms. The van der Waals surface area contributed by atoms with Crippen LogP contribution in [-0.4, -0.2) is 27.8 Å². The van der Waals surface area contributed by atoms with Crippen LogP contribution in [0.2, 0.25) is 0 Å². The van der Waals surface area contributed by atoms with Gasteiger partial charge in [0.1, 0.15) is 0 Å². The van der Waals surface area contributed by atoms with Crippen molar-refractivity contribution in [2.45, 2.75) is 6.92 Å². The summed E-state index contributed by atoms with van der Waals surface area (Å²) in [7, 11) is 3.41. The van der Waals surface area contributed by atoms with Crippen LogP contribution < -0.4 is 10.1 Å². The molecule has 6 nitrogen and oxygen atoms in total. The van der Waals surface area contributed by atoms with Crippen LogP contribution in [-0.2, 0) is 7.05 Å². The molecule has 0 saturated heterocycles. The summed E-state index contributed by atoms with van der Waals surface area (Å²) in [6.45, 7) is 1.97. The van der Waals surface area contributed by atoms with Gasteiger partial charge in [0, 0.05) is 29.2 Å². The van der Waals surface area contributed by atoms with E-state index in [1.54, 1.807) is 35.3 Å². The highest BCUT2D eigenvalue weighted by Gasteiger charge is 2.13. The zero-order valence-corrected chi connectivity index (χ0v) is 16.0. The average molecular weight is 378 g/mol. The summed E-state index contributed by atoms with van der Waals surface area (Å²) in [4.78, 5) is 17.2. The Labute approximate surface area is 160 Å². The zero-order valence-electron chi connectivity index (χ0n) is 15.2. The molecule has 4 rings (SSSR count). The second-order valence-electron chi connectivity index (χ2n) is 6.15. The standard InChI is InChI=1S/C20H18N4O2S/c1-12-21-18(11-27-12)13-5-4-6-15(9-13)22-19(25)14-7-8-16-17(10-14)23-24(2)20(16)26-3/h4-11H,1-3H3,(H,22,25). The van der Waals surface area contributed by atoms with Gasteiger partial charge in [-0.25, -0.2) is 9.67 Å². The summed E-state index contributed by atoms with van der Waals surface area (Å²) in [6, 6.07) is 13.1. The number of benzene rings is 2. The first kappa shape index (κ1) is 17.2. The highest BCUT2D eigenvalue weighted by molar-refractivity contribution is 7.09. The summed E-state index contributed by atoms with van der Waals surface area (Å²) in [5.41, 5.74) is 3.87. The van der Waals surface area contributed by atoms with Crippen LogP contribution in [0.1, 0.15) is 15.4 Å². The quantitative estimate of drug-likeness (QED) is 0.576. The second-order valence-corrected chi connectivity index (χ2v) is 7.21. The number of fused-ring (bicyclic) bond motifs is 1. The fourth-order valence-electron chi connectivity index (χ4n) is 3.02. The first-order valence-corrected chi connectivity index (χ1v) is 9.28.